The zero-order chi connectivity index (χ0) is 28.6. The number of nitrogens with zero attached hydrogens (tertiary/aromatic N) is 4. The SMILES string of the molecule is O=C(CCN1CCN(C(c2ccccc2)c2ccccc2)CC1)NN=C1CN(C(c2ccccc2)c2ccccc2)C1. The van der Waals surface area contributed by atoms with Crippen LogP contribution in [0.1, 0.15) is 40.8 Å². The van der Waals surface area contributed by atoms with Crippen molar-refractivity contribution in [3.05, 3.63) is 144 Å². The molecule has 6 heteroatoms. The Hall–Kier alpha value is -4.10. The number of carbonyl (C=O) groups excluding carboxylic acids is 1. The number of piperazine rings is 1. The number of benzene rings is 4. The predicted molar refractivity (Wildman–Crippen MR) is 169 cm³/mol. The fourth-order valence-corrected chi connectivity index (χ4v) is 6.15. The van der Waals surface area contributed by atoms with Gasteiger partial charge in [-0.3, -0.25) is 14.6 Å². The first-order valence-electron chi connectivity index (χ1n) is 15.0. The van der Waals surface area contributed by atoms with Gasteiger partial charge in [0.25, 0.3) is 0 Å². The predicted octanol–water partition coefficient (Wildman–Crippen LogP) is 5.36. The normalized spacial score (nSPS) is 16.4. The van der Waals surface area contributed by atoms with Gasteiger partial charge in [0.2, 0.25) is 5.91 Å². The van der Waals surface area contributed by atoms with Gasteiger partial charge in [0.05, 0.1) is 17.8 Å². The zero-order valence-corrected chi connectivity index (χ0v) is 24.1. The molecule has 2 saturated heterocycles. The fourth-order valence-electron chi connectivity index (χ4n) is 6.15. The van der Waals surface area contributed by atoms with Crippen molar-refractivity contribution in [1.29, 1.82) is 0 Å². The van der Waals surface area contributed by atoms with Gasteiger partial charge in [0.1, 0.15) is 0 Å². The number of hydrogen-bond donors (Lipinski definition) is 1. The van der Waals surface area contributed by atoms with Crippen LogP contribution in [0.15, 0.2) is 126 Å². The number of hydrogen-bond acceptors (Lipinski definition) is 5. The molecule has 0 unspecified atom stereocenters. The monoisotopic (exact) mass is 557 g/mol. The molecule has 0 radical (unpaired) electrons. The highest BCUT2D eigenvalue weighted by atomic mass is 16.2. The van der Waals surface area contributed by atoms with Crippen molar-refractivity contribution in [2.24, 2.45) is 5.10 Å². The van der Waals surface area contributed by atoms with Gasteiger partial charge in [-0.05, 0) is 22.3 Å². The summed E-state index contributed by atoms with van der Waals surface area (Å²) in [5.74, 6) is -0.0162. The first-order valence-corrected chi connectivity index (χ1v) is 15.0. The van der Waals surface area contributed by atoms with Gasteiger partial charge < -0.3 is 4.90 Å². The van der Waals surface area contributed by atoms with Crippen molar-refractivity contribution < 1.29 is 4.79 Å². The molecule has 214 valence electrons. The fraction of sp³-hybridized carbons (Fsp3) is 0.278. The molecule has 0 atom stereocenters. The number of amides is 1. The Balaban J connectivity index is 0.973. The molecular weight excluding hydrogens is 518 g/mol. The van der Waals surface area contributed by atoms with E-state index in [-0.39, 0.29) is 18.0 Å². The molecule has 0 aromatic heterocycles. The summed E-state index contributed by atoms with van der Waals surface area (Å²) in [6.45, 7) is 6.10. The van der Waals surface area contributed by atoms with E-state index < -0.39 is 0 Å². The van der Waals surface area contributed by atoms with E-state index in [1.807, 2.05) is 0 Å². The van der Waals surface area contributed by atoms with Crippen LogP contribution in [0.4, 0.5) is 0 Å². The van der Waals surface area contributed by atoms with Gasteiger partial charge in [-0.15, -0.1) is 0 Å². The van der Waals surface area contributed by atoms with E-state index in [0.29, 0.717) is 6.42 Å². The van der Waals surface area contributed by atoms with E-state index in [4.69, 9.17) is 0 Å². The second-order valence-electron chi connectivity index (χ2n) is 11.2. The maximum Gasteiger partial charge on any atom is 0.241 e. The minimum Gasteiger partial charge on any atom is -0.300 e. The third kappa shape index (κ3) is 6.85. The molecular formula is C36H39N5O. The largest absolute Gasteiger partial charge is 0.300 e. The Labute approximate surface area is 249 Å². The van der Waals surface area contributed by atoms with Crippen LogP contribution in [0, 0.1) is 0 Å². The summed E-state index contributed by atoms with van der Waals surface area (Å²) in [7, 11) is 0. The van der Waals surface area contributed by atoms with Crippen LogP contribution in [0.2, 0.25) is 0 Å². The van der Waals surface area contributed by atoms with E-state index in [1.54, 1.807) is 0 Å². The molecule has 2 aliphatic heterocycles. The minimum absolute atomic E-state index is 0.0162. The highest BCUT2D eigenvalue weighted by Crippen LogP contribution is 2.32. The van der Waals surface area contributed by atoms with Crippen molar-refractivity contribution in [2.75, 3.05) is 45.8 Å². The molecule has 2 heterocycles. The highest BCUT2D eigenvalue weighted by molar-refractivity contribution is 5.94. The summed E-state index contributed by atoms with van der Waals surface area (Å²) in [5, 5.41) is 4.46. The van der Waals surface area contributed by atoms with Crippen molar-refractivity contribution in [2.45, 2.75) is 18.5 Å². The smallest absolute Gasteiger partial charge is 0.241 e. The molecule has 6 rings (SSSR count). The van der Waals surface area contributed by atoms with Crippen LogP contribution in [-0.4, -0.2) is 72.1 Å². The third-order valence-corrected chi connectivity index (χ3v) is 8.36. The summed E-state index contributed by atoms with van der Waals surface area (Å²) in [5.41, 5.74) is 9.02. The third-order valence-electron chi connectivity index (χ3n) is 8.36. The lowest BCUT2D eigenvalue weighted by Gasteiger charge is -2.40. The van der Waals surface area contributed by atoms with Crippen molar-refractivity contribution in [3.63, 3.8) is 0 Å². The number of likely N-dealkylation sites (tertiary alicyclic amines) is 1. The summed E-state index contributed by atoms with van der Waals surface area (Å²) >= 11 is 0. The molecule has 42 heavy (non-hydrogen) atoms. The number of nitrogens with one attached hydrogen (secondary N) is 1. The summed E-state index contributed by atoms with van der Waals surface area (Å²) in [4.78, 5) is 20.0. The van der Waals surface area contributed by atoms with Gasteiger partial charge in [-0.2, -0.15) is 5.10 Å². The Morgan fingerprint density at radius 1 is 0.595 bits per heavy atom. The van der Waals surface area contributed by atoms with Crippen LogP contribution in [0.25, 0.3) is 0 Å². The summed E-state index contributed by atoms with van der Waals surface area (Å²) in [6, 6.07) is 43.1. The van der Waals surface area contributed by atoms with E-state index >= 15 is 0 Å². The topological polar surface area (TPSA) is 51.2 Å². The molecule has 0 spiro atoms. The van der Waals surface area contributed by atoms with E-state index in [2.05, 4.69) is 147 Å². The average molecular weight is 558 g/mol. The molecule has 4 aromatic carbocycles. The van der Waals surface area contributed by atoms with Gasteiger partial charge in [-0.25, -0.2) is 5.43 Å². The summed E-state index contributed by atoms with van der Waals surface area (Å²) in [6.07, 6.45) is 0.456. The first kappa shape index (κ1) is 28.0. The molecule has 0 aliphatic carbocycles. The maximum absolute atomic E-state index is 12.7. The van der Waals surface area contributed by atoms with Crippen LogP contribution in [0.3, 0.4) is 0 Å². The van der Waals surface area contributed by atoms with Crippen molar-refractivity contribution in [1.82, 2.24) is 20.1 Å². The highest BCUT2D eigenvalue weighted by Gasteiger charge is 2.31. The van der Waals surface area contributed by atoms with Crippen molar-refractivity contribution >= 4 is 11.6 Å². The van der Waals surface area contributed by atoms with Crippen molar-refractivity contribution in [3.8, 4) is 0 Å². The minimum atomic E-state index is -0.0162. The average Bonchev–Trinajstić information content (AvgIpc) is 3.04. The van der Waals surface area contributed by atoms with Crippen LogP contribution in [-0.2, 0) is 4.79 Å². The Morgan fingerprint density at radius 3 is 1.43 bits per heavy atom. The Bertz CT molecular complexity index is 1350. The van der Waals surface area contributed by atoms with E-state index in [1.165, 1.54) is 22.3 Å². The second kappa shape index (κ2) is 13.7. The molecule has 1 amide bonds. The molecule has 6 nitrogen and oxygen atoms in total. The van der Waals surface area contributed by atoms with Crippen LogP contribution >= 0.6 is 0 Å². The summed E-state index contributed by atoms with van der Waals surface area (Å²) < 4.78 is 0. The molecule has 1 N–H and O–H groups in total. The number of hydrazone groups is 1. The Kier molecular flexibility index (Phi) is 9.15. The molecule has 0 saturated carbocycles. The second-order valence-corrected chi connectivity index (χ2v) is 11.2. The lowest BCUT2D eigenvalue weighted by molar-refractivity contribution is -0.121. The molecule has 4 aromatic rings. The molecule has 2 aliphatic rings. The Morgan fingerprint density at radius 2 is 1.00 bits per heavy atom. The lowest BCUT2D eigenvalue weighted by Crippen LogP contribution is -2.50. The van der Waals surface area contributed by atoms with E-state index in [0.717, 1.165) is 51.5 Å². The van der Waals surface area contributed by atoms with Gasteiger partial charge in [-0.1, -0.05) is 121 Å². The maximum atomic E-state index is 12.7. The van der Waals surface area contributed by atoms with Gasteiger partial charge >= 0.3 is 0 Å². The van der Waals surface area contributed by atoms with Crippen LogP contribution < -0.4 is 5.43 Å². The molecule has 2 fully saturated rings. The first-order chi connectivity index (χ1) is 20.7. The molecule has 0 bridgehead atoms. The van der Waals surface area contributed by atoms with E-state index in [9.17, 15) is 4.79 Å². The number of rotatable bonds is 10. The van der Waals surface area contributed by atoms with Gasteiger partial charge in [0, 0.05) is 52.2 Å². The lowest BCUT2D eigenvalue weighted by atomic mass is 9.94. The zero-order valence-electron chi connectivity index (χ0n) is 24.1. The van der Waals surface area contributed by atoms with Gasteiger partial charge in [0.15, 0.2) is 0 Å². The standard InChI is InChI=1S/C36H39N5O/c42-34(38-37-33-27-41(28-33)36(31-17-9-3-10-18-31)32-19-11-4-12-20-32)21-22-39-23-25-40(26-24-39)35(29-13-5-1-6-14-29)30-15-7-2-8-16-30/h1-20,35-36H,21-28H2,(H,38,42). The van der Waals surface area contributed by atoms with Crippen LogP contribution in [0.5, 0.6) is 0 Å². The number of carbonyl (C=O) groups is 1. The quantitative estimate of drug-likeness (QED) is 0.267.